The minimum atomic E-state index is -1.15. The molecular formula is C27H26ClN7O6. The van der Waals surface area contributed by atoms with Crippen LogP contribution >= 0.6 is 12.4 Å². The first kappa shape index (κ1) is 29.0. The summed E-state index contributed by atoms with van der Waals surface area (Å²) in [5.74, 6) is -1.21. The van der Waals surface area contributed by atoms with Crippen molar-refractivity contribution >= 4 is 58.5 Å². The van der Waals surface area contributed by atoms with Crippen molar-refractivity contribution in [3.05, 3.63) is 76.9 Å². The third-order valence-electron chi connectivity index (χ3n) is 6.34. The molecule has 13 nitrogen and oxygen atoms in total. The number of benzene rings is 2. The number of halogens is 1. The predicted octanol–water partition coefficient (Wildman–Crippen LogP) is 2.37. The number of hydrogen-bond donors (Lipinski definition) is 6. The molecule has 0 bridgehead atoms. The van der Waals surface area contributed by atoms with Crippen molar-refractivity contribution in [3.63, 3.8) is 0 Å². The van der Waals surface area contributed by atoms with Crippen molar-refractivity contribution in [2.75, 3.05) is 17.2 Å². The molecule has 0 spiro atoms. The molecule has 2 aliphatic rings. The van der Waals surface area contributed by atoms with Crippen LogP contribution in [0.2, 0.25) is 0 Å². The van der Waals surface area contributed by atoms with Crippen LogP contribution < -0.4 is 26.4 Å². The number of nitrogens with two attached hydrogens (primary N) is 1. The summed E-state index contributed by atoms with van der Waals surface area (Å²) >= 11 is 0. The number of H-pyrrole nitrogens is 1. The molecule has 0 atom stereocenters. The van der Waals surface area contributed by atoms with Gasteiger partial charge >= 0.3 is 5.97 Å². The van der Waals surface area contributed by atoms with Gasteiger partial charge < -0.3 is 36.5 Å². The second kappa shape index (κ2) is 12.4. The number of ether oxygens (including phenoxy) is 1. The molecule has 0 saturated carbocycles. The fraction of sp³-hybridized carbons (Fsp3) is 0.185. The summed E-state index contributed by atoms with van der Waals surface area (Å²) in [7, 11) is 0. The van der Waals surface area contributed by atoms with Crippen molar-refractivity contribution in [3.8, 4) is 5.75 Å². The number of carbonyl (C=O) groups excluding carboxylic acids is 3. The van der Waals surface area contributed by atoms with Gasteiger partial charge in [-0.1, -0.05) is 18.2 Å². The number of carboxylic acid groups (broad SMARTS) is 1. The number of aromatic carboxylic acids is 1. The number of aromatic nitrogens is 3. The monoisotopic (exact) mass is 579 g/mol. The summed E-state index contributed by atoms with van der Waals surface area (Å²) < 4.78 is 5.29. The van der Waals surface area contributed by atoms with Gasteiger partial charge in [-0.05, 0) is 41.3 Å². The molecule has 2 aromatic heterocycles. The van der Waals surface area contributed by atoms with Gasteiger partial charge in [-0.25, -0.2) is 14.8 Å². The summed E-state index contributed by atoms with van der Waals surface area (Å²) in [6, 6.07) is 11.2. The van der Waals surface area contributed by atoms with Crippen molar-refractivity contribution in [1.29, 1.82) is 0 Å². The van der Waals surface area contributed by atoms with E-state index in [2.05, 4.69) is 30.9 Å². The van der Waals surface area contributed by atoms with Crippen LogP contribution in [0.15, 0.2) is 48.9 Å². The largest absolute Gasteiger partial charge is 0.482 e. The minimum absolute atomic E-state index is 0. The van der Waals surface area contributed by atoms with Gasteiger partial charge in [0.15, 0.2) is 12.3 Å². The van der Waals surface area contributed by atoms with Crippen molar-refractivity contribution < 1.29 is 29.0 Å². The molecule has 4 heterocycles. The average Bonchev–Trinajstić information content (AvgIpc) is 3.40. The number of anilines is 2. The van der Waals surface area contributed by atoms with E-state index in [0.29, 0.717) is 24.4 Å². The maximum atomic E-state index is 12.5. The molecule has 0 saturated heterocycles. The molecule has 0 aliphatic carbocycles. The maximum absolute atomic E-state index is 12.5. The molecule has 3 amide bonds. The zero-order chi connectivity index (χ0) is 28.2. The Morgan fingerprint density at radius 1 is 1.00 bits per heavy atom. The molecule has 7 N–H and O–H groups in total. The number of hydrogen-bond acceptors (Lipinski definition) is 8. The van der Waals surface area contributed by atoms with Crippen LogP contribution in [0.1, 0.15) is 44.0 Å². The Morgan fingerprint density at radius 2 is 1.76 bits per heavy atom. The quantitative estimate of drug-likeness (QED) is 0.205. The van der Waals surface area contributed by atoms with Crippen LogP contribution in [0.4, 0.5) is 11.4 Å². The molecule has 2 aromatic carbocycles. The Morgan fingerprint density at radius 3 is 2.54 bits per heavy atom. The van der Waals surface area contributed by atoms with Crippen LogP contribution in [0.3, 0.4) is 0 Å². The first-order valence-electron chi connectivity index (χ1n) is 12.3. The highest BCUT2D eigenvalue weighted by Gasteiger charge is 2.20. The number of nitrogens with zero attached hydrogens (tertiary/aromatic N) is 2. The predicted molar refractivity (Wildman–Crippen MR) is 151 cm³/mol. The molecule has 0 fully saturated rings. The summed E-state index contributed by atoms with van der Waals surface area (Å²) in [5.41, 5.74) is 10.4. The summed E-state index contributed by atoms with van der Waals surface area (Å²) in [6.07, 6.45) is 3.84. The average molecular weight is 580 g/mol. The minimum Gasteiger partial charge on any atom is -0.482 e. The Balaban J connectivity index is 0.000000233. The topological polar surface area (TPSA) is 201 Å². The maximum Gasteiger partial charge on any atom is 0.339 e. The molecule has 6 rings (SSSR count). The molecular weight excluding hydrogens is 554 g/mol. The fourth-order valence-electron chi connectivity index (χ4n) is 4.33. The van der Waals surface area contributed by atoms with Gasteiger partial charge in [0.1, 0.15) is 23.2 Å². The lowest BCUT2D eigenvalue weighted by atomic mass is 10.0. The lowest BCUT2D eigenvalue weighted by Gasteiger charge is -2.18. The number of nitrogens with one attached hydrogen (secondary N) is 4. The molecule has 41 heavy (non-hydrogen) atoms. The van der Waals surface area contributed by atoms with Crippen molar-refractivity contribution in [2.24, 2.45) is 5.73 Å². The van der Waals surface area contributed by atoms with E-state index in [4.69, 9.17) is 15.6 Å². The number of aromatic amines is 1. The van der Waals surface area contributed by atoms with Crippen LogP contribution in [0.5, 0.6) is 5.75 Å². The van der Waals surface area contributed by atoms with E-state index in [1.807, 2.05) is 18.2 Å². The smallest absolute Gasteiger partial charge is 0.339 e. The number of fused-ring (bicyclic) bond motifs is 3. The number of carboxylic acids is 1. The second-order valence-electron chi connectivity index (χ2n) is 9.05. The van der Waals surface area contributed by atoms with Gasteiger partial charge in [-0.3, -0.25) is 14.4 Å². The summed E-state index contributed by atoms with van der Waals surface area (Å²) in [4.78, 5) is 56.8. The number of aryl methyl sites for hydroxylation is 1. The van der Waals surface area contributed by atoms with Gasteiger partial charge in [0, 0.05) is 31.4 Å². The van der Waals surface area contributed by atoms with Crippen LogP contribution in [-0.2, 0) is 29.1 Å². The van der Waals surface area contributed by atoms with Gasteiger partial charge in [-0.15, -0.1) is 12.4 Å². The van der Waals surface area contributed by atoms with E-state index in [1.54, 1.807) is 18.2 Å². The highest BCUT2D eigenvalue weighted by molar-refractivity contribution is 6.08. The van der Waals surface area contributed by atoms with Crippen LogP contribution in [0.25, 0.3) is 11.0 Å². The van der Waals surface area contributed by atoms with Crippen LogP contribution in [-0.4, -0.2) is 50.4 Å². The highest BCUT2D eigenvalue weighted by Crippen LogP contribution is 2.28. The van der Waals surface area contributed by atoms with Gasteiger partial charge in [-0.2, -0.15) is 0 Å². The number of amides is 3. The molecule has 4 aromatic rings. The molecule has 2 aliphatic heterocycles. The Hall–Kier alpha value is -5.01. The van der Waals surface area contributed by atoms with E-state index < -0.39 is 11.9 Å². The Kier molecular flexibility index (Phi) is 8.80. The highest BCUT2D eigenvalue weighted by atomic mass is 35.5. The van der Waals surface area contributed by atoms with Crippen molar-refractivity contribution in [2.45, 2.75) is 25.9 Å². The standard InChI is InChI=1S/C17H13N5O5.C10H12N2O.ClH/c23-12-6-27-11-2-1-8(3-10(11)22-12)4-19-16(24)15-14-13(20-7-21-15)9(5-18-14)17(25)26;11-6-7-1-2-8-3-4-10(13)12-9(8)5-7;/h1-3,5,7,18H,4,6H2,(H,19,24)(H,22,23)(H,25,26);1-2,5H,3-4,6,11H2,(H,12,13);1H. The molecule has 0 unspecified atom stereocenters. The van der Waals surface area contributed by atoms with Gasteiger partial charge in [0.25, 0.3) is 11.8 Å². The van der Waals surface area contributed by atoms with E-state index in [0.717, 1.165) is 29.6 Å². The Bertz CT molecular complexity index is 1650. The zero-order valence-corrected chi connectivity index (χ0v) is 22.3. The third-order valence-corrected chi connectivity index (χ3v) is 6.34. The first-order valence-corrected chi connectivity index (χ1v) is 12.3. The van der Waals surface area contributed by atoms with Crippen molar-refractivity contribution in [1.82, 2.24) is 20.3 Å². The summed E-state index contributed by atoms with van der Waals surface area (Å²) in [6.45, 7) is 0.671. The van der Waals surface area contributed by atoms with E-state index in [9.17, 15) is 19.2 Å². The summed E-state index contributed by atoms with van der Waals surface area (Å²) in [5, 5.41) is 17.4. The van der Waals surface area contributed by atoms with Crippen LogP contribution in [0, 0.1) is 0 Å². The Labute approximate surface area is 239 Å². The second-order valence-corrected chi connectivity index (χ2v) is 9.05. The van der Waals surface area contributed by atoms with E-state index >= 15 is 0 Å². The first-order chi connectivity index (χ1) is 19.3. The van der Waals surface area contributed by atoms with E-state index in [1.165, 1.54) is 11.8 Å². The van der Waals surface area contributed by atoms with E-state index in [-0.39, 0.29) is 59.7 Å². The molecule has 14 heteroatoms. The lowest BCUT2D eigenvalue weighted by Crippen LogP contribution is -2.26. The zero-order valence-electron chi connectivity index (χ0n) is 21.5. The lowest BCUT2D eigenvalue weighted by molar-refractivity contribution is -0.118. The number of carbonyl (C=O) groups is 4. The number of rotatable bonds is 5. The SMILES string of the molecule is Cl.NCc1ccc2c(c1)NC(=O)CC2.O=C1COc2ccc(CNC(=O)c3ncnc4c(C(=O)O)c[nH]c34)cc2N1. The van der Waals surface area contributed by atoms with Gasteiger partial charge in [0.05, 0.1) is 11.2 Å². The fourth-order valence-corrected chi connectivity index (χ4v) is 4.33. The molecule has 212 valence electrons. The third kappa shape index (κ3) is 6.42. The van der Waals surface area contributed by atoms with Gasteiger partial charge in [0.2, 0.25) is 5.91 Å². The normalized spacial score (nSPS) is 13.2. The molecule has 0 radical (unpaired) electrons.